The largest absolute Gasteiger partial charge is 0.504 e. The van der Waals surface area contributed by atoms with Crippen molar-refractivity contribution in [3.05, 3.63) is 36.4 Å². The van der Waals surface area contributed by atoms with E-state index in [9.17, 15) is 10.2 Å². The van der Waals surface area contributed by atoms with Gasteiger partial charge in [0.05, 0.1) is 0 Å². The summed E-state index contributed by atoms with van der Waals surface area (Å²) in [6, 6.07) is 10.4. The first kappa shape index (κ1) is 10.5. The number of hydrogen-bond donors (Lipinski definition) is 4. The summed E-state index contributed by atoms with van der Waals surface area (Å²) >= 11 is 0. The van der Waals surface area contributed by atoms with Crippen LogP contribution in [0.4, 0.5) is 11.4 Å². The maximum Gasteiger partial charge on any atom is 0.166 e. The highest BCUT2D eigenvalue weighted by atomic mass is 16.3. The molecule has 0 aliphatic heterocycles. The van der Waals surface area contributed by atoms with Crippen LogP contribution in [-0.4, -0.2) is 10.2 Å². The van der Waals surface area contributed by atoms with Gasteiger partial charge >= 0.3 is 0 Å². The van der Waals surface area contributed by atoms with Crippen molar-refractivity contribution in [3.63, 3.8) is 0 Å². The van der Waals surface area contributed by atoms with Gasteiger partial charge in [-0.25, -0.2) is 0 Å². The van der Waals surface area contributed by atoms with Crippen molar-refractivity contribution >= 4 is 32.9 Å². The molecule has 0 heterocycles. The smallest absolute Gasteiger partial charge is 0.166 e. The molecule has 0 amide bonds. The van der Waals surface area contributed by atoms with Gasteiger partial charge in [0.1, 0.15) is 0 Å². The molecule has 4 heteroatoms. The molecule has 0 bridgehead atoms. The Bertz CT molecular complexity index is 715. The number of anilines is 2. The average Bonchev–Trinajstić information content (AvgIpc) is 2.36. The standard InChI is InChI=1S/C14H12N2O2/c15-7-1-3-9-10-4-2-8(16)6-12(10)14(18)13(17)11(9)5-7/h1-6,17-18H,15-16H2. The van der Waals surface area contributed by atoms with Crippen molar-refractivity contribution in [2.24, 2.45) is 0 Å². The van der Waals surface area contributed by atoms with E-state index in [-0.39, 0.29) is 11.5 Å². The summed E-state index contributed by atoms with van der Waals surface area (Å²) in [6.07, 6.45) is 0. The van der Waals surface area contributed by atoms with E-state index < -0.39 is 0 Å². The van der Waals surface area contributed by atoms with E-state index in [0.717, 1.165) is 10.8 Å². The monoisotopic (exact) mass is 240 g/mol. The topological polar surface area (TPSA) is 92.5 Å². The number of rotatable bonds is 0. The maximum absolute atomic E-state index is 10.0. The first-order valence-electron chi connectivity index (χ1n) is 5.50. The van der Waals surface area contributed by atoms with Crippen molar-refractivity contribution in [2.75, 3.05) is 11.5 Å². The summed E-state index contributed by atoms with van der Waals surface area (Å²) in [5.74, 6) is -0.342. The summed E-state index contributed by atoms with van der Waals surface area (Å²) < 4.78 is 0. The lowest BCUT2D eigenvalue weighted by Gasteiger charge is -2.10. The Morgan fingerprint density at radius 1 is 0.611 bits per heavy atom. The first-order valence-corrected chi connectivity index (χ1v) is 5.50. The Morgan fingerprint density at radius 3 is 1.39 bits per heavy atom. The van der Waals surface area contributed by atoms with Gasteiger partial charge in [-0.2, -0.15) is 0 Å². The van der Waals surface area contributed by atoms with Crippen molar-refractivity contribution < 1.29 is 10.2 Å². The molecule has 0 aliphatic rings. The molecule has 0 saturated carbocycles. The fourth-order valence-electron chi connectivity index (χ4n) is 2.24. The van der Waals surface area contributed by atoms with Gasteiger partial charge in [0.15, 0.2) is 11.5 Å². The van der Waals surface area contributed by atoms with Crippen LogP contribution in [0.25, 0.3) is 21.5 Å². The zero-order valence-electron chi connectivity index (χ0n) is 9.51. The van der Waals surface area contributed by atoms with Gasteiger partial charge in [0, 0.05) is 22.1 Å². The lowest BCUT2D eigenvalue weighted by molar-refractivity contribution is 0.412. The molecule has 0 aliphatic carbocycles. The van der Waals surface area contributed by atoms with Crippen LogP contribution in [0.3, 0.4) is 0 Å². The number of nitrogen functional groups attached to an aromatic ring is 2. The molecule has 0 fully saturated rings. The number of hydrogen-bond acceptors (Lipinski definition) is 4. The molecule has 90 valence electrons. The second-order valence-electron chi connectivity index (χ2n) is 4.31. The predicted molar refractivity (Wildman–Crippen MR) is 73.6 cm³/mol. The normalized spacial score (nSPS) is 11.1. The zero-order valence-corrected chi connectivity index (χ0v) is 9.51. The highest BCUT2D eigenvalue weighted by molar-refractivity contribution is 6.14. The minimum Gasteiger partial charge on any atom is -0.504 e. The second-order valence-corrected chi connectivity index (χ2v) is 4.31. The highest BCUT2D eigenvalue weighted by Crippen LogP contribution is 2.42. The van der Waals surface area contributed by atoms with E-state index in [4.69, 9.17) is 11.5 Å². The predicted octanol–water partition coefficient (Wildman–Crippen LogP) is 2.57. The molecule has 0 aromatic heterocycles. The van der Waals surface area contributed by atoms with Crippen LogP contribution in [0.1, 0.15) is 0 Å². The number of phenols is 2. The Labute approximate surface area is 103 Å². The zero-order chi connectivity index (χ0) is 12.9. The van der Waals surface area contributed by atoms with E-state index in [2.05, 4.69) is 0 Å². The Balaban J connectivity index is 2.62. The molecule has 0 radical (unpaired) electrons. The van der Waals surface area contributed by atoms with Crippen molar-refractivity contribution in [1.29, 1.82) is 0 Å². The Kier molecular flexibility index (Phi) is 2.01. The molecule has 3 rings (SSSR count). The summed E-state index contributed by atoms with van der Waals surface area (Å²) in [7, 11) is 0. The Hall–Kier alpha value is -2.62. The summed E-state index contributed by atoms with van der Waals surface area (Å²) in [6.45, 7) is 0. The van der Waals surface area contributed by atoms with Crippen LogP contribution in [0, 0.1) is 0 Å². The van der Waals surface area contributed by atoms with Gasteiger partial charge in [-0.05, 0) is 35.0 Å². The van der Waals surface area contributed by atoms with Crippen LogP contribution >= 0.6 is 0 Å². The first-order chi connectivity index (χ1) is 8.58. The SMILES string of the molecule is Nc1ccc2c(c1)c(O)c(O)c1cc(N)ccc12. The van der Waals surface area contributed by atoms with Crippen molar-refractivity contribution in [2.45, 2.75) is 0 Å². The molecule has 3 aromatic rings. The van der Waals surface area contributed by atoms with Gasteiger partial charge in [0.25, 0.3) is 0 Å². The molecule has 6 N–H and O–H groups in total. The van der Waals surface area contributed by atoms with Crippen molar-refractivity contribution in [3.8, 4) is 11.5 Å². The van der Waals surface area contributed by atoms with Gasteiger partial charge in [0.2, 0.25) is 0 Å². The number of nitrogens with two attached hydrogens (primary N) is 2. The fourth-order valence-corrected chi connectivity index (χ4v) is 2.24. The third-order valence-corrected chi connectivity index (χ3v) is 3.11. The lowest BCUT2D eigenvalue weighted by Crippen LogP contribution is -1.88. The van der Waals surface area contributed by atoms with E-state index in [1.54, 1.807) is 24.3 Å². The van der Waals surface area contributed by atoms with Crippen molar-refractivity contribution in [1.82, 2.24) is 0 Å². The highest BCUT2D eigenvalue weighted by Gasteiger charge is 2.13. The summed E-state index contributed by atoms with van der Waals surface area (Å²) in [5, 5.41) is 22.8. The number of phenolic OH excluding ortho intramolecular Hbond substituents is 2. The summed E-state index contributed by atoms with van der Waals surface area (Å²) in [4.78, 5) is 0. The van der Waals surface area contributed by atoms with Crippen LogP contribution in [0.5, 0.6) is 11.5 Å². The molecule has 0 spiro atoms. The van der Waals surface area contributed by atoms with E-state index in [1.807, 2.05) is 12.1 Å². The van der Waals surface area contributed by atoms with Crippen LogP contribution in [-0.2, 0) is 0 Å². The number of aromatic hydroxyl groups is 2. The molecule has 18 heavy (non-hydrogen) atoms. The molecule has 0 unspecified atom stereocenters. The van der Waals surface area contributed by atoms with E-state index >= 15 is 0 Å². The second kappa shape index (κ2) is 3.43. The third kappa shape index (κ3) is 1.32. The van der Waals surface area contributed by atoms with Crippen LogP contribution in [0.2, 0.25) is 0 Å². The van der Waals surface area contributed by atoms with E-state index in [0.29, 0.717) is 22.1 Å². The van der Waals surface area contributed by atoms with Crippen LogP contribution in [0.15, 0.2) is 36.4 Å². The molecular weight excluding hydrogens is 228 g/mol. The van der Waals surface area contributed by atoms with Gasteiger partial charge in [-0.1, -0.05) is 12.1 Å². The maximum atomic E-state index is 10.0. The molecule has 0 atom stereocenters. The van der Waals surface area contributed by atoms with Gasteiger partial charge in [-0.15, -0.1) is 0 Å². The summed E-state index contributed by atoms with van der Waals surface area (Å²) in [5.41, 5.74) is 12.5. The van der Waals surface area contributed by atoms with E-state index in [1.165, 1.54) is 0 Å². The number of fused-ring (bicyclic) bond motifs is 3. The third-order valence-electron chi connectivity index (χ3n) is 3.11. The molecule has 3 aromatic carbocycles. The minimum absolute atomic E-state index is 0.171. The Morgan fingerprint density at radius 2 is 1.00 bits per heavy atom. The van der Waals surface area contributed by atoms with Crippen LogP contribution < -0.4 is 11.5 Å². The average molecular weight is 240 g/mol. The molecule has 4 nitrogen and oxygen atoms in total. The molecular formula is C14H12N2O2. The number of benzene rings is 3. The lowest BCUT2D eigenvalue weighted by atomic mass is 9.99. The minimum atomic E-state index is -0.171. The fraction of sp³-hybridized carbons (Fsp3) is 0. The molecule has 0 saturated heterocycles. The van der Waals surface area contributed by atoms with Gasteiger partial charge in [-0.3, -0.25) is 0 Å². The van der Waals surface area contributed by atoms with Gasteiger partial charge < -0.3 is 21.7 Å². The quantitative estimate of drug-likeness (QED) is 0.276.